The highest BCUT2D eigenvalue weighted by Crippen LogP contribution is 2.24. The Balaban J connectivity index is 1.83. The summed E-state index contributed by atoms with van der Waals surface area (Å²) in [4.78, 5) is 17.6. The molecule has 0 aliphatic heterocycles. The highest BCUT2D eigenvalue weighted by Gasteiger charge is 2.20. The van der Waals surface area contributed by atoms with Crippen LogP contribution in [-0.4, -0.2) is 10.9 Å². The second kappa shape index (κ2) is 5.63. The van der Waals surface area contributed by atoms with Crippen LogP contribution in [0.1, 0.15) is 47.7 Å². The van der Waals surface area contributed by atoms with E-state index in [1.807, 2.05) is 6.92 Å². The quantitative estimate of drug-likeness (QED) is 0.898. The Morgan fingerprint density at radius 3 is 2.65 bits per heavy atom. The molecule has 4 heteroatoms. The van der Waals surface area contributed by atoms with Crippen LogP contribution in [0, 0.1) is 19.8 Å². The first-order valence-electron chi connectivity index (χ1n) is 6.37. The Labute approximate surface area is 107 Å². The first-order valence-corrected chi connectivity index (χ1v) is 7.19. The van der Waals surface area contributed by atoms with Gasteiger partial charge in [-0.05, 0) is 26.7 Å². The van der Waals surface area contributed by atoms with Gasteiger partial charge in [0.15, 0.2) is 0 Å². The smallest absolute Gasteiger partial charge is 0.223 e. The fraction of sp³-hybridized carbons (Fsp3) is 0.692. The van der Waals surface area contributed by atoms with Crippen molar-refractivity contribution in [3.63, 3.8) is 0 Å². The van der Waals surface area contributed by atoms with E-state index in [2.05, 4.69) is 17.2 Å². The minimum Gasteiger partial charge on any atom is -0.349 e. The molecule has 0 bridgehead atoms. The summed E-state index contributed by atoms with van der Waals surface area (Å²) < 4.78 is 0. The summed E-state index contributed by atoms with van der Waals surface area (Å²) >= 11 is 1.68. The third-order valence-corrected chi connectivity index (χ3v) is 4.54. The lowest BCUT2D eigenvalue weighted by Gasteiger charge is -2.20. The van der Waals surface area contributed by atoms with Crippen molar-refractivity contribution >= 4 is 17.2 Å². The van der Waals surface area contributed by atoms with Gasteiger partial charge in [-0.3, -0.25) is 4.79 Å². The molecule has 1 fully saturated rings. The fourth-order valence-electron chi connectivity index (χ4n) is 2.29. The molecule has 0 spiro atoms. The number of hydrogen-bond donors (Lipinski definition) is 1. The van der Waals surface area contributed by atoms with Crippen LogP contribution >= 0.6 is 11.3 Å². The van der Waals surface area contributed by atoms with E-state index in [0.29, 0.717) is 6.54 Å². The lowest BCUT2D eigenvalue weighted by molar-refractivity contribution is -0.126. The lowest BCUT2D eigenvalue weighted by Crippen LogP contribution is -2.31. The molecule has 0 unspecified atom stereocenters. The van der Waals surface area contributed by atoms with Gasteiger partial charge in [-0.1, -0.05) is 19.3 Å². The molecule has 1 aromatic heterocycles. The van der Waals surface area contributed by atoms with Gasteiger partial charge < -0.3 is 5.32 Å². The number of amides is 1. The number of thiazole rings is 1. The molecule has 1 saturated carbocycles. The molecule has 1 aromatic rings. The Morgan fingerprint density at radius 1 is 1.35 bits per heavy atom. The average molecular weight is 252 g/mol. The first-order chi connectivity index (χ1) is 8.16. The monoisotopic (exact) mass is 252 g/mol. The van der Waals surface area contributed by atoms with Gasteiger partial charge in [0.05, 0.1) is 12.2 Å². The summed E-state index contributed by atoms with van der Waals surface area (Å²) in [5, 5.41) is 4.04. The average Bonchev–Trinajstić information content (AvgIpc) is 2.67. The molecule has 1 aliphatic carbocycles. The Morgan fingerprint density at radius 2 is 2.06 bits per heavy atom. The molecule has 1 N–H and O–H groups in total. The lowest BCUT2D eigenvalue weighted by atomic mass is 9.89. The summed E-state index contributed by atoms with van der Waals surface area (Å²) in [6.07, 6.45) is 5.80. The third-order valence-electron chi connectivity index (χ3n) is 3.46. The van der Waals surface area contributed by atoms with Crippen molar-refractivity contribution in [2.24, 2.45) is 5.92 Å². The van der Waals surface area contributed by atoms with Crippen LogP contribution in [-0.2, 0) is 11.3 Å². The van der Waals surface area contributed by atoms with Crippen molar-refractivity contribution in [2.75, 3.05) is 0 Å². The maximum Gasteiger partial charge on any atom is 0.223 e. The number of hydrogen-bond acceptors (Lipinski definition) is 3. The zero-order chi connectivity index (χ0) is 12.3. The van der Waals surface area contributed by atoms with Crippen molar-refractivity contribution in [3.8, 4) is 0 Å². The van der Waals surface area contributed by atoms with Crippen molar-refractivity contribution in [1.29, 1.82) is 0 Å². The molecule has 1 amide bonds. The number of carbonyl (C=O) groups excluding carboxylic acids is 1. The van der Waals surface area contributed by atoms with Crippen LogP contribution in [0.3, 0.4) is 0 Å². The van der Waals surface area contributed by atoms with Crippen molar-refractivity contribution in [3.05, 3.63) is 15.6 Å². The van der Waals surface area contributed by atoms with Crippen LogP contribution < -0.4 is 5.32 Å². The molecule has 2 rings (SSSR count). The van der Waals surface area contributed by atoms with Gasteiger partial charge in [-0.25, -0.2) is 4.98 Å². The predicted octanol–water partition coefficient (Wildman–Crippen LogP) is 2.96. The summed E-state index contributed by atoms with van der Waals surface area (Å²) in [5.41, 5.74) is 1.08. The number of nitrogens with zero attached hydrogens (tertiary/aromatic N) is 1. The normalized spacial score (nSPS) is 17.1. The van der Waals surface area contributed by atoms with Gasteiger partial charge in [0.1, 0.15) is 5.01 Å². The van der Waals surface area contributed by atoms with Gasteiger partial charge in [0, 0.05) is 10.8 Å². The highest BCUT2D eigenvalue weighted by atomic mass is 32.1. The van der Waals surface area contributed by atoms with E-state index < -0.39 is 0 Å². The Hall–Kier alpha value is -0.900. The van der Waals surface area contributed by atoms with E-state index in [0.717, 1.165) is 23.5 Å². The zero-order valence-electron chi connectivity index (χ0n) is 10.6. The molecule has 94 valence electrons. The number of nitrogens with one attached hydrogen (secondary N) is 1. The molecule has 17 heavy (non-hydrogen) atoms. The molecule has 1 aliphatic rings. The summed E-state index contributed by atoms with van der Waals surface area (Å²) in [6, 6.07) is 0. The fourth-order valence-corrected chi connectivity index (χ4v) is 3.16. The van der Waals surface area contributed by atoms with Crippen molar-refractivity contribution < 1.29 is 4.79 Å². The minimum atomic E-state index is 0.218. The second-order valence-corrected chi connectivity index (χ2v) is 6.09. The van der Waals surface area contributed by atoms with E-state index in [-0.39, 0.29) is 11.8 Å². The van der Waals surface area contributed by atoms with Crippen molar-refractivity contribution in [1.82, 2.24) is 10.3 Å². The Kier molecular flexibility index (Phi) is 4.15. The van der Waals surface area contributed by atoms with Crippen LogP contribution in [0.2, 0.25) is 0 Å². The van der Waals surface area contributed by atoms with Gasteiger partial charge in [-0.15, -0.1) is 11.3 Å². The van der Waals surface area contributed by atoms with Crippen LogP contribution in [0.15, 0.2) is 0 Å². The van der Waals surface area contributed by atoms with E-state index in [1.165, 1.54) is 24.1 Å². The third kappa shape index (κ3) is 3.28. The largest absolute Gasteiger partial charge is 0.349 e. The van der Waals surface area contributed by atoms with Crippen LogP contribution in [0.25, 0.3) is 0 Å². The number of carbonyl (C=O) groups is 1. The van der Waals surface area contributed by atoms with Gasteiger partial charge in [0.25, 0.3) is 0 Å². The molecule has 0 radical (unpaired) electrons. The van der Waals surface area contributed by atoms with Crippen molar-refractivity contribution in [2.45, 2.75) is 52.5 Å². The summed E-state index contributed by atoms with van der Waals surface area (Å²) in [6.45, 7) is 4.67. The van der Waals surface area contributed by atoms with E-state index in [9.17, 15) is 4.79 Å². The van der Waals surface area contributed by atoms with Crippen LogP contribution in [0.4, 0.5) is 0 Å². The van der Waals surface area contributed by atoms with E-state index in [1.54, 1.807) is 11.3 Å². The second-order valence-electron chi connectivity index (χ2n) is 4.80. The Bertz CT molecular complexity index is 375. The minimum absolute atomic E-state index is 0.218. The van der Waals surface area contributed by atoms with Gasteiger partial charge in [-0.2, -0.15) is 0 Å². The SMILES string of the molecule is Cc1nc(CNC(=O)C2CCCCC2)sc1C. The van der Waals surface area contributed by atoms with Gasteiger partial charge in [0.2, 0.25) is 5.91 Å². The number of aryl methyl sites for hydroxylation is 2. The number of aromatic nitrogens is 1. The van der Waals surface area contributed by atoms with Crippen LogP contribution in [0.5, 0.6) is 0 Å². The maximum absolute atomic E-state index is 11.9. The maximum atomic E-state index is 11.9. The zero-order valence-corrected chi connectivity index (χ0v) is 11.4. The van der Waals surface area contributed by atoms with E-state index >= 15 is 0 Å². The standard InChI is InChI=1S/C13H20N2OS/c1-9-10(2)17-12(15-9)8-14-13(16)11-6-4-3-5-7-11/h11H,3-8H2,1-2H3,(H,14,16). The van der Waals surface area contributed by atoms with E-state index in [4.69, 9.17) is 0 Å². The summed E-state index contributed by atoms with van der Waals surface area (Å²) in [7, 11) is 0. The molecule has 3 nitrogen and oxygen atoms in total. The molecule has 0 atom stereocenters. The molecule has 0 aromatic carbocycles. The molecule has 0 saturated heterocycles. The van der Waals surface area contributed by atoms with Gasteiger partial charge >= 0.3 is 0 Å². The highest BCUT2D eigenvalue weighted by molar-refractivity contribution is 7.11. The summed E-state index contributed by atoms with van der Waals surface area (Å²) in [5.74, 6) is 0.459. The molecular weight excluding hydrogens is 232 g/mol. The molecular formula is C13H20N2OS. The number of rotatable bonds is 3. The predicted molar refractivity (Wildman–Crippen MR) is 70.0 cm³/mol. The first kappa shape index (κ1) is 12.6. The topological polar surface area (TPSA) is 42.0 Å². The molecule has 1 heterocycles.